The second kappa shape index (κ2) is 25.7. The monoisotopic (exact) mass is 961 g/mol. The smallest absolute Gasteiger partial charge is 0.321 e. The molecule has 4 atom stereocenters. The van der Waals surface area contributed by atoms with E-state index in [1.165, 1.54) is 0 Å². The molecule has 4 amide bonds. The average Bonchev–Trinajstić information content (AvgIpc) is 4.06. The third-order valence-electron chi connectivity index (χ3n) is 12.8. The summed E-state index contributed by atoms with van der Waals surface area (Å²) in [5, 5.41) is 24.4. The Morgan fingerprint density at radius 3 is 1.58 bits per heavy atom. The van der Waals surface area contributed by atoms with Crippen LogP contribution in [0.15, 0.2) is 60.7 Å². The summed E-state index contributed by atoms with van der Waals surface area (Å²) in [6, 6.07) is 19.9. The number of nitrogens with zero attached hydrogens (tertiary/aromatic N) is 6. The fraction of sp³-hybridized carbons (Fsp3) is 0.481. The molecule has 4 saturated heterocycles. The number of aromatic nitrogens is 2. The van der Waals surface area contributed by atoms with E-state index in [9.17, 15) is 14.7 Å². The van der Waals surface area contributed by atoms with E-state index in [0.29, 0.717) is 49.1 Å². The number of ether oxygens (including phenoxy) is 2. The number of morpholine rings is 2. The highest BCUT2D eigenvalue weighted by molar-refractivity contribution is 6.29. The van der Waals surface area contributed by atoms with Crippen molar-refractivity contribution in [2.75, 3.05) is 99.2 Å². The minimum Gasteiger partial charge on any atom is -0.381 e. The van der Waals surface area contributed by atoms with Crippen molar-refractivity contribution in [2.45, 2.75) is 79.4 Å². The topological polar surface area (TPSA) is 156 Å². The Morgan fingerprint density at radius 1 is 0.710 bits per heavy atom. The van der Waals surface area contributed by atoms with E-state index >= 15 is 0 Å². The van der Waals surface area contributed by atoms with Crippen LogP contribution < -0.4 is 20.4 Å². The van der Waals surface area contributed by atoms with Gasteiger partial charge in [-0.3, -0.25) is 0 Å². The zero-order valence-electron chi connectivity index (χ0n) is 41.1. The van der Waals surface area contributed by atoms with Gasteiger partial charge < -0.3 is 49.9 Å². The van der Waals surface area contributed by atoms with Gasteiger partial charge in [0.2, 0.25) is 0 Å². The van der Waals surface area contributed by atoms with Gasteiger partial charge in [0, 0.05) is 63.7 Å². The second-order valence-electron chi connectivity index (χ2n) is 18.1. The van der Waals surface area contributed by atoms with Crippen molar-refractivity contribution in [3.8, 4) is 46.4 Å². The SMILES string of the molecule is C#C[C@@H](C)O.CC[C@@H]1CCN(C(=O)Nc2ccc(C)c(-c3cc(C#C[C@@H](C)O)nc(N4CCOCC4)c3)c2)C1.CC[C@@H]1CCN(C(=O)Nc2ccc(C)c(-c3cc(Cl)nc(N4CCOCC4)c3)c2)C1. The molecule has 0 bridgehead atoms. The number of hydrogen-bond acceptors (Lipinski definition) is 10. The summed E-state index contributed by atoms with van der Waals surface area (Å²) in [6.45, 7) is 20.8. The molecule has 0 radical (unpaired) electrons. The van der Waals surface area contributed by atoms with E-state index in [2.05, 4.69) is 89.4 Å². The number of terminal acetylenes is 1. The molecule has 4 N–H and O–H groups in total. The molecule has 4 aromatic rings. The molecule has 2 aromatic carbocycles. The molecular formula is C54H69ClN8O6. The number of amides is 4. The number of anilines is 4. The highest BCUT2D eigenvalue weighted by Crippen LogP contribution is 2.33. The summed E-state index contributed by atoms with van der Waals surface area (Å²) < 4.78 is 10.9. The number of halogens is 1. The molecule has 14 nitrogen and oxygen atoms in total. The summed E-state index contributed by atoms with van der Waals surface area (Å²) in [7, 11) is 0. The molecule has 69 heavy (non-hydrogen) atoms. The van der Waals surface area contributed by atoms with Gasteiger partial charge in [0.1, 0.15) is 34.7 Å². The van der Waals surface area contributed by atoms with Gasteiger partial charge in [-0.05, 0) is 140 Å². The Bertz CT molecular complexity index is 2470. The minimum absolute atomic E-state index is 0.0254. The van der Waals surface area contributed by atoms with Crippen LogP contribution in [0.2, 0.25) is 5.15 Å². The fourth-order valence-electron chi connectivity index (χ4n) is 8.59. The van der Waals surface area contributed by atoms with Gasteiger partial charge in [0.05, 0.1) is 26.4 Å². The van der Waals surface area contributed by atoms with Gasteiger partial charge in [-0.1, -0.05) is 62.3 Å². The molecule has 15 heteroatoms. The van der Waals surface area contributed by atoms with Crippen LogP contribution in [0.25, 0.3) is 22.3 Å². The molecule has 2 aromatic heterocycles. The number of carbonyl (C=O) groups excluding carboxylic acids is 2. The number of nitrogens with one attached hydrogen (secondary N) is 2. The van der Waals surface area contributed by atoms with Crippen LogP contribution in [0.5, 0.6) is 0 Å². The van der Waals surface area contributed by atoms with E-state index in [1.54, 1.807) is 13.8 Å². The van der Waals surface area contributed by atoms with Crippen LogP contribution in [0.4, 0.5) is 32.6 Å². The number of carbonyl (C=O) groups is 2. The number of rotatable bonds is 8. The van der Waals surface area contributed by atoms with E-state index in [4.69, 9.17) is 31.2 Å². The third kappa shape index (κ3) is 15.3. The number of hydrogen-bond donors (Lipinski definition) is 4. The van der Waals surface area contributed by atoms with Gasteiger partial charge >= 0.3 is 12.1 Å². The molecule has 0 aliphatic carbocycles. The van der Waals surface area contributed by atoms with Crippen molar-refractivity contribution in [1.82, 2.24) is 19.8 Å². The summed E-state index contributed by atoms with van der Waals surface area (Å²) in [4.78, 5) is 42.9. The quantitative estimate of drug-likeness (QED) is 0.0996. The second-order valence-corrected chi connectivity index (χ2v) is 18.4. The molecule has 4 fully saturated rings. The first-order valence-electron chi connectivity index (χ1n) is 24.3. The summed E-state index contributed by atoms with van der Waals surface area (Å²) in [5.74, 6) is 10.8. The van der Waals surface area contributed by atoms with E-state index in [1.807, 2.05) is 58.3 Å². The molecule has 4 aliphatic rings. The molecule has 0 spiro atoms. The Morgan fingerprint density at radius 2 is 1.16 bits per heavy atom. The summed E-state index contributed by atoms with van der Waals surface area (Å²) >= 11 is 6.36. The maximum Gasteiger partial charge on any atom is 0.321 e. The number of aryl methyl sites for hydroxylation is 2. The Balaban J connectivity index is 0.000000208. The zero-order chi connectivity index (χ0) is 49.5. The highest BCUT2D eigenvalue weighted by Gasteiger charge is 2.27. The lowest BCUT2D eigenvalue weighted by Gasteiger charge is -2.28. The van der Waals surface area contributed by atoms with Crippen molar-refractivity contribution in [3.63, 3.8) is 0 Å². The molecule has 368 valence electrons. The van der Waals surface area contributed by atoms with Crippen molar-refractivity contribution in [2.24, 2.45) is 11.8 Å². The molecule has 8 rings (SSSR count). The molecular weight excluding hydrogens is 892 g/mol. The summed E-state index contributed by atoms with van der Waals surface area (Å²) in [6.07, 6.45) is 7.73. The van der Waals surface area contributed by atoms with E-state index in [-0.39, 0.29) is 12.1 Å². The van der Waals surface area contributed by atoms with Crippen LogP contribution in [0.3, 0.4) is 0 Å². The van der Waals surface area contributed by atoms with Crippen molar-refractivity contribution >= 4 is 46.7 Å². The fourth-order valence-corrected chi connectivity index (χ4v) is 8.79. The van der Waals surface area contributed by atoms with Crippen LogP contribution in [-0.2, 0) is 9.47 Å². The largest absolute Gasteiger partial charge is 0.381 e. The first-order valence-corrected chi connectivity index (χ1v) is 24.6. The lowest BCUT2D eigenvalue weighted by atomic mass is 9.99. The number of aliphatic hydroxyl groups excluding tert-OH is 2. The summed E-state index contributed by atoms with van der Waals surface area (Å²) in [5.41, 5.74) is 8.42. The number of likely N-dealkylation sites (tertiary alicyclic amines) is 2. The lowest BCUT2D eigenvalue weighted by molar-refractivity contribution is 0.122. The standard InChI is InChI=1S/C27H34N4O3.C23H29ClN4O2.C4H6O/c1-4-21-9-10-31(18-21)27(33)29-24-7-5-19(2)25(17-24)22-15-23(8-6-20(3)32)28-26(16-22)30-11-13-34-14-12-30;1-3-17-6-7-28(15-17)23(29)25-19-5-4-16(2)20(14-19)18-12-21(24)26-22(13-18)27-8-10-30-11-9-27;1-3-4(2)5/h5,7,15-17,20-21,32H,4,9-14,18H2,1-3H3,(H,29,33);4-5,12-14,17H,3,6-11,15H2,1-2H3,(H,25,29);1,4-5H,2H3/t20-,21-;17-;4-/m111/s1. The maximum atomic E-state index is 12.8. The van der Waals surface area contributed by atoms with Gasteiger partial charge in [0.25, 0.3) is 0 Å². The number of benzene rings is 2. The number of pyridine rings is 2. The first kappa shape index (κ1) is 52.5. The predicted molar refractivity (Wildman–Crippen MR) is 277 cm³/mol. The maximum absolute atomic E-state index is 12.8. The number of aliphatic hydroxyl groups is 2. The lowest BCUT2D eigenvalue weighted by Crippen LogP contribution is -2.36. The van der Waals surface area contributed by atoms with Crippen LogP contribution >= 0.6 is 11.6 Å². The van der Waals surface area contributed by atoms with Gasteiger partial charge in [-0.25, -0.2) is 19.6 Å². The van der Waals surface area contributed by atoms with Gasteiger partial charge in [-0.15, -0.1) is 6.42 Å². The number of urea groups is 2. The van der Waals surface area contributed by atoms with Crippen molar-refractivity contribution < 1.29 is 29.3 Å². The van der Waals surface area contributed by atoms with E-state index in [0.717, 1.165) is 134 Å². The van der Waals surface area contributed by atoms with Crippen molar-refractivity contribution in [3.05, 3.63) is 82.6 Å². The third-order valence-corrected chi connectivity index (χ3v) is 13.0. The Kier molecular flexibility index (Phi) is 19.5. The minimum atomic E-state index is -0.726. The van der Waals surface area contributed by atoms with Crippen LogP contribution in [-0.4, -0.2) is 133 Å². The Labute approximate surface area is 413 Å². The van der Waals surface area contributed by atoms with Crippen LogP contribution in [0, 0.1) is 49.9 Å². The molecule has 0 unspecified atom stereocenters. The Hall–Kier alpha value is -5.87. The predicted octanol–water partition coefficient (Wildman–Crippen LogP) is 8.70. The zero-order valence-corrected chi connectivity index (χ0v) is 41.8. The highest BCUT2D eigenvalue weighted by atomic mass is 35.5. The normalized spacial score (nSPS) is 18.6. The molecule has 6 heterocycles. The van der Waals surface area contributed by atoms with Gasteiger partial charge in [-0.2, -0.15) is 0 Å². The molecule has 0 saturated carbocycles. The van der Waals surface area contributed by atoms with Gasteiger partial charge in [0.15, 0.2) is 0 Å². The first-order chi connectivity index (χ1) is 33.2. The van der Waals surface area contributed by atoms with E-state index < -0.39 is 12.2 Å². The van der Waals surface area contributed by atoms with Crippen molar-refractivity contribution in [1.29, 1.82) is 0 Å². The average molecular weight is 962 g/mol. The van der Waals surface area contributed by atoms with Crippen LogP contribution in [0.1, 0.15) is 70.2 Å². The molecule has 4 aliphatic heterocycles.